The Morgan fingerprint density at radius 2 is 0.672 bits per heavy atom. The summed E-state index contributed by atoms with van der Waals surface area (Å²) in [6, 6.07) is 79.4. The van der Waals surface area contributed by atoms with Crippen LogP contribution in [0.5, 0.6) is 0 Å². The lowest BCUT2D eigenvalue weighted by atomic mass is 10.0. The molecule has 4 heteroatoms. The first-order chi connectivity index (χ1) is 28.8. The van der Waals surface area contributed by atoms with Crippen molar-refractivity contribution in [1.82, 2.24) is 9.13 Å². The van der Waals surface area contributed by atoms with E-state index in [-0.39, 0.29) is 0 Å². The molecule has 2 bridgehead atoms. The normalized spacial score (nSPS) is 12.4. The number of hydrogen-bond donors (Lipinski definition) is 0. The molecule has 0 fully saturated rings. The average Bonchev–Trinajstić information content (AvgIpc) is 3.82. The van der Waals surface area contributed by atoms with Crippen molar-refractivity contribution in [2.45, 2.75) is 0 Å². The summed E-state index contributed by atoms with van der Waals surface area (Å²) in [5.74, 6) is 0. The molecule has 2 aromatic heterocycles. The molecule has 3 heterocycles. The average molecular weight is 741 g/mol. The summed E-state index contributed by atoms with van der Waals surface area (Å²) in [7, 11) is 0. The fraction of sp³-hybridized carbons (Fsp3) is 0. The molecule has 1 aliphatic heterocycles. The molecule has 4 nitrogen and oxygen atoms in total. The lowest BCUT2D eigenvalue weighted by Gasteiger charge is -2.29. The predicted molar refractivity (Wildman–Crippen MR) is 243 cm³/mol. The number of benzene rings is 9. The topological polar surface area (TPSA) is 16.3 Å². The van der Waals surface area contributed by atoms with Gasteiger partial charge in [0.2, 0.25) is 0 Å². The minimum absolute atomic E-state index is 1.09. The van der Waals surface area contributed by atoms with Gasteiger partial charge in [-0.15, -0.1) is 0 Å². The molecule has 1 aliphatic rings. The maximum absolute atomic E-state index is 2.45. The van der Waals surface area contributed by atoms with Gasteiger partial charge < -0.3 is 18.9 Å². The summed E-state index contributed by atoms with van der Waals surface area (Å²) in [6.07, 6.45) is 0. The monoisotopic (exact) mass is 740 g/mol. The lowest BCUT2D eigenvalue weighted by molar-refractivity contribution is 1.18. The minimum atomic E-state index is 1.09. The Labute approximate surface area is 336 Å². The van der Waals surface area contributed by atoms with Crippen molar-refractivity contribution >= 4 is 77.7 Å². The van der Waals surface area contributed by atoms with Gasteiger partial charge in [-0.05, 0) is 114 Å². The predicted octanol–water partition coefficient (Wildman–Crippen LogP) is 14.8. The number of anilines is 6. The minimum Gasteiger partial charge on any atom is -0.310 e. The van der Waals surface area contributed by atoms with Crippen LogP contribution in [0, 0.1) is 0 Å². The molecule has 12 rings (SSSR count). The highest BCUT2D eigenvalue weighted by Crippen LogP contribution is 2.52. The number of para-hydroxylation sites is 5. The van der Waals surface area contributed by atoms with Crippen LogP contribution in [0.4, 0.5) is 34.1 Å². The Hall–Kier alpha value is -7.82. The zero-order valence-corrected chi connectivity index (χ0v) is 31.6. The van der Waals surface area contributed by atoms with Crippen LogP contribution in [-0.4, -0.2) is 9.13 Å². The molecule has 0 aliphatic carbocycles. The van der Waals surface area contributed by atoms with E-state index in [0.717, 1.165) is 67.7 Å². The van der Waals surface area contributed by atoms with E-state index in [1.54, 1.807) is 0 Å². The number of aromatic nitrogens is 2. The molecule has 0 saturated carbocycles. The van der Waals surface area contributed by atoms with Crippen LogP contribution in [0.15, 0.2) is 218 Å². The van der Waals surface area contributed by atoms with E-state index in [0.29, 0.717) is 0 Å². The van der Waals surface area contributed by atoms with E-state index in [2.05, 4.69) is 237 Å². The van der Waals surface area contributed by atoms with E-state index in [1.807, 2.05) is 0 Å². The van der Waals surface area contributed by atoms with Gasteiger partial charge in [-0.1, -0.05) is 115 Å². The number of nitrogens with zero attached hydrogens (tertiary/aromatic N) is 4. The lowest BCUT2D eigenvalue weighted by Crippen LogP contribution is -2.12. The Balaban J connectivity index is 1.20. The third-order valence-electron chi connectivity index (χ3n) is 11.7. The molecular formula is C54H36N4. The summed E-state index contributed by atoms with van der Waals surface area (Å²) >= 11 is 0. The van der Waals surface area contributed by atoms with Gasteiger partial charge in [0.15, 0.2) is 0 Å². The van der Waals surface area contributed by atoms with Crippen molar-refractivity contribution in [3.8, 4) is 22.5 Å². The van der Waals surface area contributed by atoms with Crippen molar-refractivity contribution in [1.29, 1.82) is 0 Å². The zero-order valence-electron chi connectivity index (χ0n) is 31.6. The standard InChI is InChI=1S/C54H36N4/c1-5-17-39(18-6-1)55-43-33-38(37-31-32-46-45-25-13-14-26-47(45)57(52(46)35-37)41-21-9-3-10-22-41)34-44(36-43)56(40-19-7-2-8-20-40)49-28-16-30-51-54(49)53-48(55)27-15-29-50(53)58(51)42-23-11-4-12-24-42/h1-36H. The molecule has 9 aromatic carbocycles. The fourth-order valence-corrected chi connectivity index (χ4v) is 9.33. The summed E-state index contributed by atoms with van der Waals surface area (Å²) in [5.41, 5.74) is 15.9. The molecule has 0 unspecified atom stereocenters. The molecule has 0 radical (unpaired) electrons. The van der Waals surface area contributed by atoms with Gasteiger partial charge in [0, 0.05) is 55.7 Å². The van der Waals surface area contributed by atoms with Crippen molar-refractivity contribution in [2.75, 3.05) is 9.80 Å². The first kappa shape index (κ1) is 32.4. The number of rotatable bonds is 5. The van der Waals surface area contributed by atoms with E-state index in [4.69, 9.17) is 0 Å². The quantitative estimate of drug-likeness (QED) is 0.175. The SMILES string of the molecule is c1ccc(N2c3cc(-c4ccc5c6ccccc6n(-c6ccccc6)c5c4)cc(c3)N(c3ccccc3)c3cccc4c3c3c2cccc3n4-c2ccccc2)cc1. The number of fused-ring (bicyclic) bond motifs is 5. The Morgan fingerprint density at radius 3 is 1.21 bits per heavy atom. The number of hydrogen-bond acceptors (Lipinski definition) is 2. The summed E-state index contributed by atoms with van der Waals surface area (Å²) < 4.78 is 4.83. The molecule has 0 amide bonds. The Kier molecular flexibility index (Phi) is 7.20. The van der Waals surface area contributed by atoms with Gasteiger partial charge in [-0.2, -0.15) is 0 Å². The van der Waals surface area contributed by atoms with Gasteiger partial charge in [-0.25, -0.2) is 0 Å². The highest BCUT2D eigenvalue weighted by atomic mass is 15.2. The molecule has 11 aromatic rings. The van der Waals surface area contributed by atoms with Crippen LogP contribution >= 0.6 is 0 Å². The van der Waals surface area contributed by atoms with Crippen molar-refractivity contribution in [3.05, 3.63) is 218 Å². The van der Waals surface area contributed by atoms with Gasteiger partial charge in [-0.3, -0.25) is 0 Å². The van der Waals surface area contributed by atoms with E-state index < -0.39 is 0 Å². The van der Waals surface area contributed by atoms with Gasteiger partial charge in [0.1, 0.15) is 0 Å². The first-order valence-corrected chi connectivity index (χ1v) is 19.9. The van der Waals surface area contributed by atoms with Crippen molar-refractivity contribution < 1.29 is 0 Å². The molecule has 58 heavy (non-hydrogen) atoms. The Morgan fingerprint density at radius 1 is 0.241 bits per heavy atom. The van der Waals surface area contributed by atoms with Crippen LogP contribution in [0.3, 0.4) is 0 Å². The van der Waals surface area contributed by atoms with E-state index >= 15 is 0 Å². The maximum atomic E-state index is 2.45. The van der Waals surface area contributed by atoms with E-state index in [1.165, 1.54) is 32.6 Å². The van der Waals surface area contributed by atoms with Gasteiger partial charge in [0.25, 0.3) is 0 Å². The highest BCUT2D eigenvalue weighted by Gasteiger charge is 2.28. The fourth-order valence-electron chi connectivity index (χ4n) is 9.33. The van der Waals surface area contributed by atoms with E-state index in [9.17, 15) is 0 Å². The zero-order chi connectivity index (χ0) is 38.2. The van der Waals surface area contributed by atoms with Gasteiger partial charge in [0.05, 0.1) is 33.4 Å². The van der Waals surface area contributed by atoms with Crippen molar-refractivity contribution in [2.24, 2.45) is 0 Å². The molecule has 0 atom stereocenters. The van der Waals surface area contributed by atoms with Crippen LogP contribution in [0.1, 0.15) is 0 Å². The molecule has 0 saturated heterocycles. The van der Waals surface area contributed by atoms with Crippen LogP contribution in [0.25, 0.3) is 66.1 Å². The van der Waals surface area contributed by atoms with Crippen LogP contribution in [-0.2, 0) is 0 Å². The molecule has 0 spiro atoms. The molecular weight excluding hydrogens is 705 g/mol. The first-order valence-electron chi connectivity index (χ1n) is 19.9. The van der Waals surface area contributed by atoms with Gasteiger partial charge >= 0.3 is 0 Å². The highest BCUT2D eigenvalue weighted by molar-refractivity contribution is 6.22. The van der Waals surface area contributed by atoms with Crippen LogP contribution in [0.2, 0.25) is 0 Å². The Bertz CT molecular complexity index is 3210. The van der Waals surface area contributed by atoms with Crippen molar-refractivity contribution in [3.63, 3.8) is 0 Å². The second kappa shape index (κ2) is 12.9. The second-order valence-electron chi connectivity index (χ2n) is 15.0. The summed E-state index contributed by atoms with van der Waals surface area (Å²) in [5, 5.41) is 4.90. The summed E-state index contributed by atoms with van der Waals surface area (Å²) in [6.45, 7) is 0. The third-order valence-corrected chi connectivity index (χ3v) is 11.7. The third kappa shape index (κ3) is 4.88. The summed E-state index contributed by atoms with van der Waals surface area (Å²) in [4.78, 5) is 4.91. The molecule has 272 valence electrons. The smallest absolute Gasteiger partial charge is 0.0563 e. The molecule has 0 N–H and O–H groups in total. The largest absolute Gasteiger partial charge is 0.310 e. The second-order valence-corrected chi connectivity index (χ2v) is 15.0. The maximum Gasteiger partial charge on any atom is 0.0563 e. The van der Waals surface area contributed by atoms with Crippen LogP contribution < -0.4 is 9.80 Å².